The molecule has 4 atom stereocenters. The van der Waals surface area contributed by atoms with E-state index in [4.69, 9.17) is 9.47 Å². The second-order valence-corrected chi connectivity index (χ2v) is 11.5. The van der Waals surface area contributed by atoms with Gasteiger partial charge in [0, 0.05) is 25.2 Å². The summed E-state index contributed by atoms with van der Waals surface area (Å²) in [5.41, 5.74) is 4.70. The SMILES string of the molecule is CC(Cc1ccc(C(=O)OCCOC(=O)c2ccc(CC(C)NCC(O)c3ccccc3)cc2)cc1)NCC(O)c1ccccc1. The molecule has 0 radical (unpaired) electrons. The molecule has 0 saturated carbocycles. The lowest BCUT2D eigenvalue weighted by Crippen LogP contribution is -2.32. The molecule has 0 spiro atoms. The van der Waals surface area contributed by atoms with Crippen molar-refractivity contribution in [1.29, 1.82) is 0 Å². The number of benzene rings is 4. The Bertz CT molecular complexity index is 1360. The van der Waals surface area contributed by atoms with Gasteiger partial charge in [-0.2, -0.15) is 0 Å². The molecule has 46 heavy (non-hydrogen) atoms. The first-order valence-corrected chi connectivity index (χ1v) is 15.7. The maximum absolute atomic E-state index is 12.5. The van der Waals surface area contributed by atoms with Crippen LogP contribution in [-0.2, 0) is 22.3 Å². The highest BCUT2D eigenvalue weighted by Gasteiger charge is 2.13. The van der Waals surface area contributed by atoms with Gasteiger partial charge in [-0.1, -0.05) is 84.9 Å². The second kappa shape index (κ2) is 18.0. The van der Waals surface area contributed by atoms with Crippen molar-refractivity contribution in [1.82, 2.24) is 10.6 Å². The summed E-state index contributed by atoms with van der Waals surface area (Å²) >= 11 is 0. The van der Waals surface area contributed by atoms with Gasteiger partial charge in [-0.05, 0) is 73.2 Å². The maximum atomic E-state index is 12.5. The van der Waals surface area contributed by atoms with Crippen molar-refractivity contribution in [3.8, 4) is 0 Å². The number of esters is 2. The number of nitrogens with one attached hydrogen (secondary N) is 2. The van der Waals surface area contributed by atoms with E-state index in [1.807, 2.05) is 84.9 Å². The van der Waals surface area contributed by atoms with Gasteiger partial charge in [0.15, 0.2) is 0 Å². The molecule has 4 aromatic carbocycles. The third-order valence-electron chi connectivity index (χ3n) is 7.70. The van der Waals surface area contributed by atoms with E-state index in [9.17, 15) is 19.8 Å². The van der Waals surface area contributed by atoms with E-state index in [1.165, 1.54) is 0 Å². The Balaban J connectivity index is 1.11. The molecule has 0 aliphatic carbocycles. The van der Waals surface area contributed by atoms with Gasteiger partial charge < -0.3 is 30.3 Å². The predicted octanol–water partition coefficient (Wildman–Crippen LogP) is 5.21. The van der Waals surface area contributed by atoms with Crippen molar-refractivity contribution < 1.29 is 29.3 Å². The van der Waals surface area contributed by atoms with Crippen LogP contribution >= 0.6 is 0 Å². The molecule has 0 amide bonds. The number of carbonyl (C=O) groups is 2. The zero-order valence-corrected chi connectivity index (χ0v) is 26.5. The third-order valence-corrected chi connectivity index (χ3v) is 7.70. The maximum Gasteiger partial charge on any atom is 0.338 e. The quantitative estimate of drug-likeness (QED) is 0.0935. The number of aliphatic hydroxyl groups excluding tert-OH is 2. The number of hydrogen-bond donors (Lipinski definition) is 4. The Morgan fingerprint density at radius 2 is 0.913 bits per heavy atom. The molecule has 0 heterocycles. The molecule has 0 fully saturated rings. The lowest BCUT2D eigenvalue weighted by atomic mass is 10.0. The van der Waals surface area contributed by atoms with Crippen molar-refractivity contribution in [2.45, 2.75) is 51.0 Å². The van der Waals surface area contributed by atoms with Gasteiger partial charge in [-0.15, -0.1) is 0 Å². The minimum absolute atomic E-state index is 0.0485. The Kier molecular flexibility index (Phi) is 13.5. The van der Waals surface area contributed by atoms with Gasteiger partial charge in [0.25, 0.3) is 0 Å². The molecular formula is C38H44N2O6. The van der Waals surface area contributed by atoms with Crippen LogP contribution < -0.4 is 10.6 Å². The highest BCUT2D eigenvalue weighted by atomic mass is 16.6. The van der Waals surface area contributed by atoms with E-state index in [-0.39, 0.29) is 25.3 Å². The van der Waals surface area contributed by atoms with Gasteiger partial charge in [0.05, 0.1) is 23.3 Å². The molecule has 0 saturated heterocycles. The summed E-state index contributed by atoms with van der Waals surface area (Å²) in [4.78, 5) is 24.9. The van der Waals surface area contributed by atoms with Crippen LogP contribution in [0.1, 0.15) is 69.0 Å². The molecule has 0 aromatic heterocycles. The Hall–Kier alpha value is -4.34. The standard InChI is InChI=1S/C38H44N2O6/c1-27(39-25-35(41)31-9-5-3-6-10-31)23-29-13-17-33(18-14-29)37(43)45-21-22-46-38(44)34-19-15-30(16-20-34)24-28(2)40-26-36(42)32-11-7-4-8-12-32/h3-20,27-28,35-36,39-42H,21-26H2,1-2H3. The lowest BCUT2D eigenvalue weighted by molar-refractivity contribution is 0.0265. The predicted molar refractivity (Wildman–Crippen MR) is 179 cm³/mol. The molecule has 4 unspecified atom stereocenters. The van der Waals surface area contributed by atoms with Gasteiger partial charge in [0.2, 0.25) is 0 Å². The Morgan fingerprint density at radius 3 is 1.26 bits per heavy atom. The van der Waals surface area contributed by atoms with Crippen LogP contribution in [-0.4, -0.2) is 60.5 Å². The van der Waals surface area contributed by atoms with Crippen LogP contribution in [0.2, 0.25) is 0 Å². The minimum Gasteiger partial charge on any atom is -0.458 e. The zero-order valence-electron chi connectivity index (χ0n) is 26.5. The second-order valence-electron chi connectivity index (χ2n) is 11.5. The van der Waals surface area contributed by atoms with Crippen molar-refractivity contribution in [2.75, 3.05) is 26.3 Å². The minimum atomic E-state index is -0.574. The van der Waals surface area contributed by atoms with Crippen LogP contribution in [0.5, 0.6) is 0 Å². The van der Waals surface area contributed by atoms with Crippen LogP contribution in [0, 0.1) is 0 Å². The fraction of sp³-hybridized carbons (Fsp3) is 0.316. The van der Waals surface area contributed by atoms with Gasteiger partial charge in [-0.25, -0.2) is 9.59 Å². The van der Waals surface area contributed by atoms with Crippen LogP contribution in [0.25, 0.3) is 0 Å². The van der Waals surface area contributed by atoms with Crippen LogP contribution in [0.15, 0.2) is 109 Å². The summed E-state index contributed by atoms with van der Waals surface area (Å²) < 4.78 is 10.6. The van der Waals surface area contributed by atoms with E-state index < -0.39 is 24.1 Å². The molecule has 4 aromatic rings. The summed E-state index contributed by atoms with van der Waals surface area (Å²) in [6.45, 7) is 4.90. The number of rotatable bonds is 17. The van der Waals surface area contributed by atoms with Crippen LogP contribution in [0.3, 0.4) is 0 Å². The molecule has 0 aliphatic rings. The van der Waals surface area contributed by atoms with Gasteiger partial charge in [0.1, 0.15) is 13.2 Å². The average molecular weight is 625 g/mol. The summed E-state index contributed by atoms with van der Waals surface area (Å²) in [5, 5.41) is 27.4. The molecule has 4 N–H and O–H groups in total. The van der Waals surface area contributed by atoms with E-state index in [1.54, 1.807) is 24.3 Å². The topological polar surface area (TPSA) is 117 Å². The van der Waals surface area contributed by atoms with Crippen LogP contribution in [0.4, 0.5) is 0 Å². The first-order valence-electron chi connectivity index (χ1n) is 15.7. The summed E-state index contributed by atoms with van der Waals surface area (Å²) in [6.07, 6.45) is 0.330. The van der Waals surface area contributed by atoms with E-state index in [0.717, 1.165) is 35.1 Å². The van der Waals surface area contributed by atoms with Crippen molar-refractivity contribution in [2.24, 2.45) is 0 Å². The van der Waals surface area contributed by atoms with E-state index in [2.05, 4.69) is 24.5 Å². The highest BCUT2D eigenvalue weighted by molar-refractivity contribution is 5.90. The molecule has 0 aliphatic heterocycles. The fourth-order valence-corrected chi connectivity index (χ4v) is 5.05. The monoisotopic (exact) mass is 624 g/mol. The van der Waals surface area contributed by atoms with Crippen molar-refractivity contribution in [3.63, 3.8) is 0 Å². The molecular weight excluding hydrogens is 580 g/mol. The molecule has 0 bridgehead atoms. The zero-order chi connectivity index (χ0) is 32.7. The number of hydrogen-bond acceptors (Lipinski definition) is 8. The smallest absolute Gasteiger partial charge is 0.338 e. The fourth-order valence-electron chi connectivity index (χ4n) is 5.05. The van der Waals surface area contributed by atoms with E-state index in [0.29, 0.717) is 24.2 Å². The van der Waals surface area contributed by atoms with Gasteiger partial charge in [-0.3, -0.25) is 0 Å². The first-order chi connectivity index (χ1) is 22.3. The number of ether oxygens (including phenoxy) is 2. The molecule has 242 valence electrons. The largest absolute Gasteiger partial charge is 0.458 e. The summed E-state index contributed by atoms with van der Waals surface area (Å²) in [7, 11) is 0. The molecule has 8 heteroatoms. The Labute approximate surface area is 271 Å². The first kappa shape index (κ1) is 34.5. The molecule has 4 rings (SSSR count). The molecule has 8 nitrogen and oxygen atoms in total. The lowest BCUT2D eigenvalue weighted by Gasteiger charge is -2.17. The van der Waals surface area contributed by atoms with Crippen molar-refractivity contribution >= 4 is 11.9 Å². The van der Waals surface area contributed by atoms with Crippen molar-refractivity contribution in [3.05, 3.63) is 143 Å². The van der Waals surface area contributed by atoms with E-state index >= 15 is 0 Å². The summed E-state index contributed by atoms with van der Waals surface area (Å²) in [6, 6.07) is 33.8. The third kappa shape index (κ3) is 11.2. The normalized spacial score (nSPS) is 13.7. The summed E-state index contributed by atoms with van der Waals surface area (Å²) in [5.74, 6) is -0.966. The highest BCUT2D eigenvalue weighted by Crippen LogP contribution is 2.14. The number of aliphatic hydroxyl groups is 2. The Morgan fingerprint density at radius 1 is 0.565 bits per heavy atom. The number of carbonyl (C=O) groups excluding carboxylic acids is 2. The average Bonchev–Trinajstić information content (AvgIpc) is 3.09. The van der Waals surface area contributed by atoms with Gasteiger partial charge >= 0.3 is 11.9 Å².